The number of esters is 5. The highest BCUT2D eigenvalue weighted by Crippen LogP contribution is 2.50. The summed E-state index contributed by atoms with van der Waals surface area (Å²) in [6.07, 6.45) is 2.55. The number of carbonyl (C=O) groups excluding carboxylic acids is 5. The van der Waals surface area contributed by atoms with Crippen molar-refractivity contribution in [3.05, 3.63) is 59.8 Å². The number of hydrogen-bond donors (Lipinski definition) is 4. The van der Waals surface area contributed by atoms with Crippen molar-refractivity contribution >= 4 is 29.8 Å². The standard InChI is InChI=1S/C47H68O17/c1-10-11-12-13-14-15-39(51)62-43-31(22-41(53)58-9)21-34-25-37(28(2)48)61-42(54)24-32(50)23-35-26-38(59-29(3)49)45(6,7)46(55,63-35)27-36-19-30(20-40(52)57-8)18-33(60-36)16-17-44(4,5)47(43,56)64-34/h12-17,20,22,28,32-38,43,48,50,55-56H,10-11,18-19,21,23-27H2,1-9H3/b13-12+,15-14+,17-16+,30-20+,31-22+/t28-,32-,33+,34+,35?,36+,37-,38+,43+,46-,47-/m1/s1. The number of allylic oxidation sites excluding steroid dienone is 3. The highest BCUT2D eigenvalue weighted by molar-refractivity contribution is 5.85. The topological polar surface area (TPSA) is 240 Å². The molecule has 0 spiro atoms. The van der Waals surface area contributed by atoms with Gasteiger partial charge < -0.3 is 58.3 Å². The summed E-state index contributed by atoms with van der Waals surface area (Å²) in [6, 6.07) is 0. The largest absolute Gasteiger partial charge is 0.466 e. The van der Waals surface area contributed by atoms with E-state index in [0.29, 0.717) is 5.57 Å². The first-order valence-corrected chi connectivity index (χ1v) is 21.9. The maximum absolute atomic E-state index is 13.4. The lowest BCUT2D eigenvalue weighted by molar-refractivity contribution is -0.348. The fourth-order valence-electron chi connectivity index (χ4n) is 8.57. The molecule has 4 N–H and O–H groups in total. The molecule has 0 aromatic carbocycles. The summed E-state index contributed by atoms with van der Waals surface area (Å²) in [5.41, 5.74) is -2.06. The summed E-state index contributed by atoms with van der Waals surface area (Å²) in [7, 11) is 2.40. The minimum Gasteiger partial charge on any atom is -0.466 e. The molecule has 0 radical (unpaired) electrons. The van der Waals surface area contributed by atoms with Crippen LogP contribution in [0.2, 0.25) is 0 Å². The molecule has 17 nitrogen and oxygen atoms in total. The summed E-state index contributed by atoms with van der Waals surface area (Å²) in [6.45, 7) is 11.2. The Kier molecular flexibility index (Phi) is 18.3. The Morgan fingerprint density at radius 3 is 2.20 bits per heavy atom. The molecule has 4 aliphatic heterocycles. The minimum absolute atomic E-state index is 0.0721. The van der Waals surface area contributed by atoms with Gasteiger partial charge in [0, 0.05) is 56.3 Å². The van der Waals surface area contributed by atoms with E-state index < -0.39 is 114 Å². The lowest BCUT2D eigenvalue weighted by Gasteiger charge is -2.53. The van der Waals surface area contributed by atoms with E-state index in [2.05, 4.69) is 0 Å². The molecule has 4 aliphatic rings. The number of aliphatic hydroxyl groups excluding tert-OH is 2. The summed E-state index contributed by atoms with van der Waals surface area (Å²) in [5.74, 6) is -8.31. The smallest absolute Gasteiger partial charge is 0.331 e. The fraction of sp³-hybridized carbons (Fsp3) is 0.681. The molecule has 0 aliphatic carbocycles. The average molecular weight is 905 g/mol. The lowest BCUT2D eigenvalue weighted by Crippen LogP contribution is -2.62. The quantitative estimate of drug-likeness (QED) is 0.0830. The third kappa shape index (κ3) is 13.4. The van der Waals surface area contributed by atoms with E-state index in [1.54, 1.807) is 45.9 Å². The molecule has 358 valence electrons. The van der Waals surface area contributed by atoms with E-state index in [1.165, 1.54) is 33.1 Å². The Hall–Kier alpha value is -4.23. The SMILES string of the molecule is CCC/C=C/C=C/C(=O)O[C@H]1/C(=C/C(=O)OC)C[C@H]2C[C@H]([C@@H](C)O)OC(=O)C[C@H](O)CC3C[C@H](OC(C)=O)C(C)(C)[C@@](O)(C[C@@H]4C/C(=C/C(=O)OC)C[C@H](/C=C/C(C)(C)[C@]1(O)O2)O4)O3. The molecule has 17 heteroatoms. The van der Waals surface area contributed by atoms with Gasteiger partial charge in [-0.3, -0.25) is 9.59 Å². The van der Waals surface area contributed by atoms with Crippen LogP contribution in [0.25, 0.3) is 0 Å². The number of carbonyl (C=O) groups is 5. The molecule has 11 atom stereocenters. The van der Waals surface area contributed by atoms with Crippen LogP contribution in [-0.2, 0) is 61.9 Å². The molecule has 0 amide bonds. The first-order chi connectivity index (χ1) is 29.9. The van der Waals surface area contributed by atoms with Crippen molar-refractivity contribution in [1.29, 1.82) is 0 Å². The van der Waals surface area contributed by atoms with Gasteiger partial charge in [0.2, 0.25) is 5.79 Å². The lowest BCUT2D eigenvalue weighted by atomic mass is 9.70. The zero-order valence-corrected chi connectivity index (χ0v) is 38.5. The third-order valence-electron chi connectivity index (χ3n) is 12.4. The van der Waals surface area contributed by atoms with Gasteiger partial charge in [-0.25, -0.2) is 14.4 Å². The molecule has 3 fully saturated rings. The zero-order valence-electron chi connectivity index (χ0n) is 38.5. The van der Waals surface area contributed by atoms with Gasteiger partial charge in [-0.1, -0.05) is 77.0 Å². The van der Waals surface area contributed by atoms with Gasteiger partial charge in [-0.2, -0.15) is 0 Å². The van der Waals surface area contributed by atoms with Crippen molar-refractivity contribution in [2.75, 3.05) is 14.2 Å². The summed E-state index contributed by atoms with van der Waals surface area (Å²) < 4.78 is 46.7. The normalized spacial score (nSPS) is 35.8. The number of hydrogen-bond acceptors (Lipinski definition) is 17. The number of aliphatic hydroxyl groups is 4. The fourth-order valence-corrected chi connectivity index (χ4v) is 8.57. The van der Waals surface area contributed by atoms with E-state index in [-0.39, 0.29) is 50.5 Å². The van der Waals surface area contributed by atoms with Crippen molar-refractivity contribution in [1.82, 2.24) is 0 Å². The van der Waals surface area contributed by atoms with Crippen molar-refractivity contribution in [2.45, 2.75) is 179 Å². The number of rotatable bonds is 9. The molecule has 64 heavy (non-hydrogen) atoms. The predicted octanol–water partition coefficient (Wildman–Crippen LogP) is 4.28. The van der Waals surface area contributed by atoms with E-state index in [4.69, 9.17) is 37.9 Å². The molecule has 4 rings (SSSR count). The molecule has 4 heterocycles. The monoisotopic (exact) mass is 904 g/mol. The predicted molar refractivity (Wildman–Crippen MR) is 228 cm³/mol. The molecular weight excluding hydrogens is 836 g/mol. The summed E-state index contributed by atoms with van der Waals surface area (Å²) in [5, 5.41) is 47.5. The number of unbranched alkanes of at least 4 members (excludes halogenated alkanes) is 1. The zero-order chi connectivity index (χ0) is 47.6. The van der Waals surface area contributed by atoms with Crippen LogP contribution >= 0.6 is 0 Å². The number of cyclic esters (lactones) is 1. The Bertz CT molecular complexity index is 1830. The van der Waals surface area contributed by atoms with Crippen LogP contribution in [0, 0.1) is 10.8 Å². The first-order valence-electron chi connectivity index (χ1n) is 21.9. The van der Waals surface area contributed by atoms with Crippen molar-refractivity contribution < 1.29 is 82.3 Å². The van der Waals surface area contributed by atoms with Gasteiger partial charge in [-0.05, 0) is 38.2 Å². The molecule has 0 aromatic heterocycles. The second kappa shape index (κ2) is 22.3. The molecule has 1 unspecified atom stereocenters. The van der Waals surface area contributed by atoms with Crippen LogP contribution in [0.15, 0.2) is 59.8 Å². The van der Waals surface area contributed by atoms with Gasteiger partial charge >= 0.3 is 29.8 Å². The van der Waals surface area contributed by atoms with Gasteiger partial charge in [0.1, 0.15) is 12.2 Å². The Balaban J connectivity index is 1.89. The van der Waals surface area contributed by atoms with Gasteiger partial charge in [0.25, 0.3) is 0 Å². The number of fused-ring (bicyclic) bond motifs is 6. The van der Waals surface area contributed by atoms with Crippen molar-refractivity contribution in [2.24, 2.45) is 10.8 Å². The third-order valence-corrected chi connectivity index (χ3v) is 12.4. The van der Waals surface area contributed by atoms with Crippen LogP contribution in [0.3, 0.4) is 0 Å². The molecular formula is C47H68O17. The molecule has 0 saturated carbocycles. The first kappa shape index (κ1) is 52.4. The van der Waals surface area contributed by atoms with Crippen LogP contribution in [0.5, 0.6) is 0 Å². The van der Waals surface area contributed by atoms with E-state index in [9.17, 15) is 44.4 Å². The number of ether oxygens (including phenoxy) is 8. The maximum atomic E-state index is 13.4. The van der Waals surface area contributed by atoms with Gasteiger partial charge in [0.05, 0.1) is 62.7 Å². The van der Waals surface area contributed by atoms with Crippen LogP contribution in [0.4, 0.5) is 0 Å². The average Bonchev–Trinajstić information content (AvgIpc) is 3.19. The second-order valence-electron chi connectivity index (χ2n) is 18.3. The highest BCUT2D eigenvalue weighted by Gasteiger charge is 2.59. The van der Waals surface area contributed by atoms with Crippen LogP contribution < -0.4 is 0 Å². The number of methoxy groups -OCH3 is 2. The van der Waals surface area contributed by atoms with E-state index in [0.717, 1.165) is 32.1 Å². The highest BCUT2D eigenvalue weighted by atomic mass is 16.7. The Morgan fingerprint density at radius 1 is 0.875 bits per heavy atom. The maximum Gasteiger partial charge on any atom is 0.331 e. The van der Waals surface area contributed by atoms with Crippen LogP contribution in [-0.4, -0.2) is 131 Å². The second-order valence-corrected chi connectivity index (χ2v) is 18.3. The molecule has 3 saturated heterocycles. The molecule has 6 bridgehead atoms. The van der Waals surface area contributed by atoms with Gasteiger partial charge in [0.15, 0.2) is 11.9 Å². The minimum atomic E-state index is -2.47. The summed E-state index contributed by atoms with van der Waals surface area (Å²) >= 11 is 0. The summed E-state index contributed by atoms with van der Waals surface area (Å²) in [4.78, 5) is 64.7. The van der Waals surface area contributed by atoms with E-state index in [1.807, 2.05) is 13.0 Å². The Labute approximate surface area is 375 Å². The Morgan fingerprint density at radius 2 is 1.56 bits per heavy atom. The van der Waals surface area contributed by atoms with E-state index >= 15 is 0 Å². The van der Waals surface area contributed by atoms with Crippen molar-refractivity contribution in [3.8, 4) is 0 Å². The van der Waals surface area contributed by atoms with Crippen molar-refractivity contribution in [3.63, 3.8) is 0 Å². The molecule has 0 aromatic rings. The van der Waals surface area contributed by atoms with Crippen LogP contribution in [0.1, 0.15) is 113 Å². The van der Waals surface area contributed by atoms with Gasteiger partial charge in [-0.15, -0.1) is 0 Å².